The summed E-state index contributed by atoms with van der Waals surface area (Å²) in [4.78, 5) is 28.0. The van der Waals surface area contributed by atoms with Gasteiger partial charge in [0.1, 0.15) is 11.9 Å². The molecule has 5 rings (SSSR count). The van der Waals surface area contributed by atoms with Gasteiger partial charge in [0.15, 0.2) is 0 Å². The fraction of sp³-hybridized carbons (Fsp3) is 0.619. The standard InChI is InChI=1S/C21H26FN3O3S/c22-18-8-14(6-7-19(18)25-15-4-5-16(25)12-29-11-15)24-10-17(28-21(24)27)9-23-20(26)13-2-1-3-13/h6-8,13,15-17H,1-5,9-12H2,(H,23,26)/t15-,16+,17-/m0/s1. The molecule has 29 heavy (non-hydrogen) atoms. The van der Waals surface area contributed by atoms with Gasteiger partial charge in [0.2, 0.25) is 5.91 Å². The lowest BCUT2D eigenvalue weighted by Crippen LogP contribution is -2.43. The van der Waals surface area contributed by atoms with Gasteiger partial charge in [-0.25, -0.2) is 9.18 Å². The van der Waals surface area contributed by atoms with Crippen LogP contribution >= 0.6 is 11.8 Å². The third-order valence-corrected chi connectivity index (χ3v) is 7.86. The summed E-state index contributed by atoms with van der Waals surface area (Å²) in [6, 6.07) is 5.84. The Hall–Kier alpha value is -1.96. The highest BCUT2D eigenvalue weighted by molar-refractivity contribution is 7.99. The molecule has 3 atom stereocenters. The lowest BCUT2D eigenvalue weighted by atomic mass is 9.85. The predicted molar refractivity (Wildman–Crippen MR) is 111 cm³/mol. The zero-order chi connectivity index (χ0) is 20.0. The maximum absolute atomic E-state index is 15.0. The minimum absolute atomic E-state index is 0.0375. The van der Waals surface area contributed by atoms with Gasteiger partial charge in [0.05, 0.1) is 24.5 Å². The number of nitrogens with zero attached hydrogens (tertiary/aromatic N) is 2. The molecule has 4 fully saturated rings. The number of carbonyl (C=O) groups excluding carboxylic acids is 2. The Bertz CT molecular complexity index is 802. The highest BCUT2D eigenvalue weighted by Crippen LogP contribution is 2.40. The SMILES string of the molecule is O=C(NC[C@H]1CN(c2ccc(N3[C@@H]4CC[C@H]3CSC4)c(F)c2)C(=O)O1)C1CCC1. The number of anilines is 2. The van der Waals surface area contributed by atoms with Crippen LogP contribution in [-0.4, -0.2) is 54.8 Å². The molecule has 156 valence electrons. The van der Waals surface area contributed by atoms with Gasteiger partial charge in [-0.05, 0) is 43.9 Å². The minimum Gasteiger partial charge on any atom is -0.442 e. The smallest absolute Gasteiger partial charge is 0.414 e. The number of ether oxygens (including phenoxy) is 1. The number of hydrogen-bond acceptors (Lipinski definition) is 5. The molecule has 0 spiro atoms. The van der Waals surface area contributed by atoms with Crippen molar-refractivity contribution in [3.05, 3.63) is 24.0 Å². The van der Waals surface area contributed by atoms with Crippen molar-refractivity contribution in [2.24, 2.45) is 5.92 Å². The molecule has 3 saturated heterocycles. The summed E-state index contributed by atoms with van der Waals surface area (Å²) in [6.07, 6.45) is 4.30. The lowest BCUT2D eigenvalue weighted by Gasteiger charge is -2.36. The monoisotopic (exact) mass is 419 g/mol. The molecular weight excluding hydrogens is 393 g/mol. The molecule has 1 saturated carbocycles. The van der Waals surface area contributed by atoms with E-state index in [9.17, 15) is 14.0 Å². The summed E-state index contributed by atoms with van der Waals surface area (Å²) in [6.45, 7) is 0.612. The van der Waals surface area contributed by atoms with Crippen LogP contribution in [0.4, 0.5) is 20.6 Å². The molecule has 3 heterocycles. The Morgan fingerprint density at radius 3 is 2.62 bits per heavy atom. The van der Waals surface area contributed by atoms with E-state index in [0.29, 0.717) is 36.5 Å². The zero-order valence-corrected chi connectivity index (χ0v) is 17.1. The summed E-state index contributed by atoms with van der Waals surface area (Å²) in [7, 11) is 0. The van der Waals surface area contributed by atoms with Crippen molar-refractivity contribution in [1.29, 1.82) is 0 Å². The van der Waals surface area contributed by atoms with E-state index in [4.69, 9.17) is 4.74 Å². The maximum Gasteiger partial charge on any atom is 0.414 e. The van der Waals surface area contributed by atoms with Crippen LogP contribution < -0.4 is 15.1 Å². The van der Waals surface area contributed by atoms with Gasteiger partial charge in [-0.15, -0.1) is 0 Å². The largest absolute Gasteiger partial charge is 0.442 e. The quantitative estimate of drug-likeness (QED) is 0.795. The number of hydrogen-bond donors (Lipinski definition) is 1. The van der Waals surface area contributed by atoms with Gasteiger partial charge >= 0.3 is 6.09 Å². The van der Waals surface area contributed by atoms with E-state index < -0.39 is 12.2 Å². The molecule has 0 radical (unpaired) electrons. The van der Waals surface area contributed by atoms with E-state index in [-0.39, 0.29) is 17.6 Å². The summed E-state index contributed by atoms with van der Waals surface area (Å²) in [5.41, 5.74) is 1.14. The van der Waals surface area contributed by atoms with Crippen molar-refractivity contribution >= 4 is 35.1 Å². The number of thioether (sulfide) groups is 1. The maximum atomic E-state index is 15.0. The first-order chi connectivity index (χ1) is 14.1. The molecule has 1 aliphatic carbocycles. The van der Waals surface area contributed by atoms with Crippen molar-refractivity contribution in [2.45, 2.75) is 50.3 Å². The molecular formula is C21H26FN3O3S. The first-order valence-electron chi connectivity index (χ1n) is 10.5. The number of nitrogens with one attached hydrogen (secondary N) is 1. The van der Waals surface area contributed by atoms with Crippen molar-refractivity contribution in [3.63, 3.8) is 0 Å². The second-order valence-electron chi connectivity index (χ2n) is 8.45. The average molecular weight is 420 g/mol. The normalized spacial score (nSPS) is 29.0. The number of halogens is 1. The number of fused-ring (bicyclic) bond motifs is 2. The van der Waals surface area contributed by atoms with Gasteiger partial charge in [-0.1, -0.05) is 6.42 Å². The Labute approximate surface area is 174 Å². The number of benzene rings is 1. The van der Waals surface area contributed by atoms with Crippen molar-refractivity contribution in [1.82, 2.24) is 5.32 Å². The second kappa shape index (κ2) is 7.70. The highest BCUT2D eigenvalue weighted by atomic mass is 32.2. The molecule has 2 amide bonds. The molecule has 4 aliphatic rings. The van der Waals surface area contributed by atoms with Crippen LogP contribution in [-0.2, 0) is 9.53 Å². The average Bonchev–Trinajstić information content (AvgIpc) is 3.14. The Morgan fingerprint density at radius 2 is 1.97 bits per heavy atom. The van der Waals surface area contributed by atoms with Crippen LogP contribution in [0.1, 0.15) is 32.1 Å². The minimum atomic E-state index is -0.491. The van der Waals surface area contributed by atoms with Crippen LogP contribution in [0.5, 0.6) is 0 Å². The molecule has 2 bridgehead atoms. The topological polar surface area (TPSA) is 61.9 Å². The van der Waals surface area contributed by atoms with E-state index >= 15 is 0 Å². The molecule has 1 N–H and O–H groups in total. The van der Waals surface area contributed by atoms with Crippen molar-refractivity contribution in [2.75, 3.05) is 34.4 Å². The summed E-state index contributed by atoms with van der Waals surface area (Å²) in [5, 5.41) is 2.87. The Morgan fingerprint density at radius 1 is 1.21 bits per heavy atom. The van der Waals surface area contributed by atoms with Gasteiger partial charge in [-0.3, -0.25) is 9.69 Å². The third kappa shape index (κ3) is 3.56. The van der Waals surface area contributed by atoms with E-state index in [1.54, 1.807) is 12.1 Å². The fourth-order valence-electron chi connectivity index (χ4n) is 4.76. The zero-order valence-electron chi connectivity index (χ0n) is 16.3. The second-order valence-corrected chi connectivity index (χ2v) is 9.53. The van der Waals surface area contributed by atoms with E-state index in [1.807, 2.05) is 11.8 Å². The summed E-state index contributed by atoms with van der Waals surface area (Å²) in [5.74, 6) is 1.94. The fourth-order valence-corrected chi connectivity index (χ4v) is 6.10. The number of amides is 2. The molecule has 3 aliphatic heterocycles. The lowest BCUT2D eigenvalue weighted by molar-refractivity contribution is -0.127. The summed E-state index contributed by atoms with van der Waals surface area (Å²) < 4.78 is 20.4. The third-order valence-electron chi connectivity index (χ3n) is 6.62. The van der Waals surface area contributed by atoms with Crippen LogP contribution in [0.25, 0.3) is 0 Å². The molecule has 0 unspecified atom stereocenters. The first kappa shape index (κ1) is 19.0. The number of carbonyl (C=O) groups is 2. The Balaban J connectivity index is 1.24. The summed E-state index contributed by atoms with van der Waals surface area (Å²) >= 11 is 1.95. The van der Waals surface area contributed by atoms with Gasteiger partial charge < -0.3 is 15.0 Å². The number of cyclic esters (lactones) is 1. The van der Waals surface area contributed by atoms with Crippen molar-refractivity contribution < 1.29 is 18.7 Å². The first-order valence-corrected chi connectivity index (χ1v) is 11.7. The van der Waals surface area contributed by atoms with Gasteiger partial charge in [-0.2, -0.15) is 11.8 Å². The van der Waals surface area contributed by atoms with E-state index in [0.717, 1.165) is 43.6 Å². The van der Waals surface area contributed by atoms with Crippen LogP contribution in [0.2, 0.25) is 0 Å². The van der Waals surface area contributed by atoms with E-state index in [1.165, 1.54) is 11.0 Å². The van der Waals surface area contributed by atoms with E-state index in [2.05, 4.69) is 10.2 Å². The Kier molecular flexibility index (Phi) is 5.05. The van der Waals surface area contributed by atoms with Crippen LogP contribution in [0, 0.1) is 11.7 Å². The highest BCUT2D eigenvalue weighted by Gasteiger charge is 2.39. The predicted octanol–water partition coefficient (Wildman–Crippen LogP) is 3.15. The molecule has 1 aromatic rings. The molecule has 6 nitrogen and oxygen atoms in total. The molecule has 0 aromatic heterocycles. The van der Waals surface area contributed by atoms with Crippen LogP contribution in [0.15, 0.2) is 18.2 Å². The molecule has 8 heteroatoms. The number of rotatable bonds is 5. The molecule has 1 aromatic carbocycles. The van der Waals surface area contributed by atoms with Crippen molar-refractivity contribution in [3.8, 4) is 0 Å². The van der Waals surface area contributed by atoms with Crippen LogP contribution in [0.3, 0.4) is 0 Å². The van der Waals surface area contributed by atoms with Gasteiger partial charge in [0, 0.05) is 29.5 Å². The van der Waals surface area contributed by atoms with Gasteiger partial charge in [0.25, 0.3) is 0 Å².